The molecule has 2 unspecified atom stereocenters. The van der Waals surface area contributed by atoms with Crippen molar-refractivity contribution in [3.8, 4) is 11.3 Å². The van der Waals surface area contributed by atoms with Crippen molar-refractivity contribution in [2.45, 2.75) is 120 Å². The zero-order valence-corrected chi connectivity index (χ0v) is 26.2. The number of hydrogen-bond donors (Lipinski definition) is 3. The quantitative estimate of drug-likeness (QED) is 0.233. The molecular weight excluding hydrogens is 479 g/mol. The van der Waals surface area contributed by atoms with Crippen molar-refractivity contribution >= 4 is 12.0 Å². The molecule has 0 saturated carbocycles. The average molecular weight is 537 g/mol. The van der Waals surface area contributed by atoms with Gasteiger partial charge in [0.2, 0.25) is 5.95 Å². The predicted octanol–water partition coefficient (Wildman–Crippen LogP) is 8.14. The second-order valence-electron chi connectivity index (χ2n) is 8.58. The summed E-state index contributed by atoms with van der Waals surface area (Å²) in [5.41, 5.74) is 2.82. The van der Waals surface area contributed by atoms with Crippen LogP contribution in [0.4, 0.5) is 10.3 Å². The monoisotopic (exact) mass is 536 g/mol. The van der Waals surface area contributed by atoms with Crippen LogP contribution in [-0.2, 0) is 0 Å². The van der Waals surface area contributed by atoms with Crippen molar-refractivity contribution in [1.82, 2.24) is 9.97 Å². The Bertz CT molecular complexity index is 839. The SMILES string of the molecule is CC.CC.CCC.CCC.CCC(O)CC(O)/C=C/c1c(-c2ccc(F)cc2)nc(N(C)N)nc1C(C)C. The third-order valence-electron chi connectivity index (χ3n) is 4.41. The van der Waals surface area contributed by atoms with Crippen LogP contribution in [0.15, 0.2) is 30.3 Å². The summed E-state index contributed by atoms with van der Waals surface area (Å²) >= 11 is 0. The number of hydrogen-bond acceptors (Lipinski definition) is 6. The molecule has 2 aromatic rings. The van der Waals surface area contributed by atoms with Crippen molar-refractivity contribution in [2.24, 2.45) is 5.84 Å². The molecule has 38 heavy (non-hydrogen) atoms. The van der Waals surface area contributed by atoms with Gasteiger partial charge in [0.05, 0.1) is 23.6 Å². The Kier molecular flexibility index (Phi) is 26.4. The lowest BCUT2D eigenvalue weighted by Gasteiger charge is -2.19. The van der Waals surface area contributed by atoms with Crippen LogP contribution in [0.1, 0.15) is 119 Å². The first kappa shape index (κ1) is 40.2. The number of aliphatic hydroxyl groups excluding tert-OH is 2. The Hall–Kier alpha value is -2.35. The molecule has 0 aliphatic carbocycles. The van der Waals surface area contributed by atoms with Gasteiger partial charge in [0.25, 0.3) is 0 Å². The summed E-state index contributed by atoms with van der Waals surface area (Å²) in [5.74, 6) is 5.94. The lowest BCUT2D eigenvalue weighted by molar-refractivity contribution is 0.102. The first-order valence-corrected chi connectivity index (χ1v) is 14.3. The fraction of sp³-hybridized carbons (Fsp3) is 0.613. The van der Waals surface area contributed by atoms with Crippen LogP contribution in [0.2, 0.25) is 0 Å². The van der Waals surface area contributed by atoms with Crippen molar-refractivity contribution in [3.05, 3.63) is 47.4 Å². The lowest BCUT2D eigenvalue weighted by Crippen LogP contribution is -2.28. The van der Waals surface area contributed by atoms with Crippen LogP contribution >= 0.6 is 0 Å². The van der Waals surface area contributed by atoms with Gasteiger partial charge in [-0.1, -0.05) is 101 Å². The van der Waals surface area contributed by atoms with E-state index in [1.807, 2.05) is 48.5 Å². The number of benzene rings is 1. The summed E-state index contributed by atoms with van der Waals surface area (Å²) < 4.78 is 13.4. The zero-order valence-electron chi connectivity index (χ0n) is 26.2. The Labute approximate surface area is 233 Å². The van der Waals surface area contributed by atoms with Crippen LogP contribution in [0, 0.1) is 5.82 Å². The number of rotatable bonds is 8. The van der Waals surface area contributed by atoms with Crippen LogP contribution in [0.3, 0.4) is 0 Å². The molecule has 0 bridgehead atoms. The van der Waals surface area contributed by atoms with Gasteiger partial charge in [-0.15, -0.1) is 0 Å². The topological polar surface area (TPSA) is 95.5 Å². The van der Waals surface area contributed by atoms with E-state index >= 15 is 0 Å². The first-order valence-electron chi connectivity index (χ1n) is 14.3. The molecule has 0 radical (unpaired) electrons. The molecule has 2 atom stereocenters. The summed E-state index contributed by atoms with van der Waals surface area (Å²) in [5, 5.41) is 21.3. The number of anilines is 1. The van der Waals surface area contributed by atoms with E-state index in [1.165, 1.54) is 30.0 Å². The first-order chi connectivity index (χ1) is 18.1. The maximum absolute atomic E-state index is 13.4. The van der Waals surface area contributed by atoms with Gasteiger partial charge in [-0.05, 0) is 36.6 Å². The highest BCUT2D eigenvalue weighted by molar-refractivity contribution is 5.74. The van der Waals surface area contributed by atoms with Crippen LogP contribution < -0.4 is 10.9 Å². The summed E-state index contributed by atoms with van der Waals surface area (Å²) in [7, 11) is 1.65. The molecule has 0 fully saturated rings. The molecule has 0 saturated heterocycles. The van der Waals surface area contributed by atoms with Gasteiger partial charge in [-0.2, -0.15) is 0 Å². The maximum Gasteiger partial charge on any atom is 0.240 e. The summed E-state index contributed by atoms with van der Waals surface area (Å²) in [6.07, 6.45) is 5.35. The van der Waals surface area contributed by atoms with Gasteiger partial charge < -0.3 is 10.2 Å². The highest BCUT2D eigenvalue weighted by Crippen LogP contribution is 2.31. The van der Waals surface area contributed by atoms with Gasteiger partial charge in [0.15, 0.2) is 0 Å². The molecular formula is C31H57FN4O2. The fourth-order valence-electron chi connectivity index (χ4n) is 2.80. The Morgan fingerprint density at radius 1 is 0.921 bits per heavy atom. The van der Waals surface area contributed by atoms with Crippen LogP contribution in [0.5, 0.6) is 0 Å². The van der Waals surface area contributed by atoms with Gasteiger partial charge in [-0.25, -0.2) is 20.2 Å². The Morgan fingerprint density at radius 3 is 1.79 bits per heavy atom. The van der Waals surface area contributed by atoms with Crippen molar-refractivity contribution in [1.29, 1.82) is 0 Å². The minimum absolute atomic E-state index is 0.0684. The summed E-state index contributed by atoms with van der Waals surface area (Å²) in [6.45, 7) is 22.4. The standard InChI is InChI=1S/C21H29FN4O2.2C3H8.2C2H6/c1-5-16(27)12-17(28)10-11-18-19(13(2)3)24-21(26(4)23)25-20(18)14-6-8-15(22)9-7-14;2*1-3-2;2*1-2/h6-11,13,16-17,27-28H,5,12,23H2,1-4H3;2*3H2,1-2H3;2*1-2H3/b11-10+;;;;. The number of nitrogens with two attached hydrogens (primary N) is 1. The fourth-order valence-corrected chi connectivity index (χ4v) is 2.80. The normalized spacial score (nSPS) is 11.5. The van der Waals surface area contributed by atoms with Gasteiger partial charge in [0.1, 0.15) is 5.82 Å². The van der Waals surface area contributed by atoms with E-state index in [9.17, 15) is 14.6 Å². The van der Waals surface area contributed by atoms with E-state index in [0.29, 0.717) is 18.1 Å². The molecule has 1 aromatic carbocycles. The van der Waals surface area contributed by atoms with Gasteiger partial charge >= 0.3 is 0 Å². The highest BCUT2D eigenvalue weighted by atomic mass is 19.1. The molecule has 0 amide bonds. The minimum Gasteiger partial charge on any atom is -0.393 e. The second-order valence-corrected chi connectivity index (χ2v) is 8.58. The highest BCUT2D eigenvalue weighted by Gasteiger charge is 2.18. The van der Waals surface area contributed by atoms with E-state index in [2.05, 4.69) is 37.7 Å². The number of aliphatic hydroxyl groups is 2. The Balaban J connectivity index is -0.00000107. The number of aromatic nitrogens is 2. The predicted molar refractivity (Wildman–Crippen MR) is 165 cm³/mol. The molecule has 0 spiro atoms. The summed E-state index contributed by atoms with van der Waals surface area (Å²) in [4.78, 5) is 9.12. The largest absolute Gasteiger partial charge is 0.393 e. The van der Waals surface area contributed by atoms with Crippen molar-refractivity contribution in [3.63, 3.8) is 0 Å². The van der Waals surface area contributed by atoms with Crippen LogP contribution in [0.25, 0.3) is 17.3 Å². The number of hydrazine groups is 1. The molecule has 6 nitrogen and oxygen atoms in total. The molecule has 4 N–H and O–H groups in total. The van der Waals surface area contributed by atoms with Crippen molar-refractivity contribution < 1.29 is 14.6 Å². The van der Waals surface area contributed by atoms with Crippen LogP contribution in [-0.4, -0.2) is 39.4 Å². The van der Waals surface area contributed by atoms with Gasteiger partial charge in [-0.3, -0.25) is 5.01 Å². The Morgan fingerprint density at radius 2 is 1.39 bits per heavy atom. The van der Waals surface area contributed by atoms with E-state index in [-0.39, 0.29) is 18.2 Å². The molecule has 0 aliphatic heterocycles. The third-order valence-corrected chi connectivity index (χ3v) is 4.41. The second kappa shape index (κ2) is 25.0. The molecule has 1 heterocycles. The lowest BCUT2D eigenvalue weighted by atomic mass is 9.97. The molecule has 0 aliphatic rings. The number of halogens is 1. The van der Waals surface area contributed by atoms with Crippen molar-refractivity contribution in [2.75, 3.05) is 12.1 Å². The van der Waals surface area contributed by atoms with E-state index < -0.39 is 12.2 Å². The third kappa shape index (κ3) is 16.5. The van der Waals surface area contributed by atoms with E-state index in [0.717, 1.165) is 16.8 Å². The van der Waals surface area contributed by atoms with E-state index in [1.54, 1.807) is 31.3 Å². The molecule has 1 aromatic heterocycles. The number of nitrogens with zero attached hydrogens (tertiary/aromatic N) is 3. The molecule has 220 valence electrons. The summed E-state index contributed by atoms with van der Waals surface area (Å²) in [6, 6.07) is 6.05. The van der Waals surface area contributed by atoms with E-state index in [4.69, 9.17) is 5.84 Å². The minimum atomic E-state index is -0.798. The van der Waals surface area contributed by atoms with Gasteiger partial charge in [0, 0.05) is 24.6 Å². The molecule has 2 rings (SSSR count). The zero-order chi connectivity index (χ0) is 30.3. The average Bonchev–Trinajstić information content (AvgIpc) is 2.90. The maximum atomic E-state index is 13.4. The smallest absolute Gasteiger partial charge is 0.240 e. The molecule has 7 heteroatoms.